The molecule has 0 saturated carbocycles. The van der Waals surface area contributed by atoms with Gasteiger partial charge in [-0.2, -0.15) is 0 Å². The van der Waals surface area contributed by atoms with Gasteiger partial charge in [0.25, 0.3) is 0 Å². The van der Waals surface area contributed by atoms with Crippen molar-refractivity contribution in [2.45, 2.75) is 420 Å². The third-order valence-electron chi connectivity index (χ3n) is 18.7. The highest BCUT2D eigenvalue weighted by molar-refractivity contribution is 7.47. The first-order valence-corrected chi connectivity index (χ1v) is 43.7. The number of esters is 4. The molecule has 0 aliphatic carbocycles. The molecule has 0 aromatic heterocycles. The number of aliphatic hydroxyl groups excluding tert-OH is 1. The number of ether oxygens (including phenoxy) is 4. The molecule has 4 unspecified atom stereocenters. The molecule has 0 bridgehead atoms. The third kappa shape index (κ3) is 71.1. The van der Waals surface area contributed by atoms with Crippen LogP contribution in [0.1, 0.15) is 402 Å². The van der Waals surface area contributed by atoms with Crippen LogP contribution in [0.15, 0.2) is 0 Å². The van der Waals surface area contributed by atoms with E-state index in [0.29, 0.717) is 31.6 Å². The monoisotopic (exact) mass is 1440 g/mol. The minimum absolute atomic E-state index is 0.106. The summed E-state index contributed by atoms with van der Waals surface area (Å²) >= 11 is 0. The lowest BCUT2D eigenvalue weighted by Gasteiger charge is -2.21. The summed E-state index contributed by atoms with van der Waals surface area (Å²) in [6.07, 6.45) is 54.3. The number of carbonyl (C=O) groups excluding carboxylic acids is 4. The molecule has 6 atom stereocenters. The molecule has 0 amide bonds. The SMILES string of the molecule is CCC(C)CCCCCCCCCCCCCCCCCCCCC(=O)O[C@H](COC(=O)CCCCCCCCCCC(C)C)COP(=O)(O)OCC(O)COP(=O)(O)OC[C@@H](COC(=O)CCCCCCCCCC(C)C)OC(=O)CCCCCCCCCCCCCCC(C)C. The van der Waals surface area contributed by atoms with Crippen molar-refractivity contribution in [1.29, 1.82) is 0 Å². The maximum Gasteiger partial charge on any atom is 0.472 e. The molecule has 0 saturated heterocycles. The van der Waals surface area contributed by atoms with E-state index in [1.54, 1.807) is 0 Å². The molecule has 0 rings (SSSR count). The molecule has 0 heterocycles. The van der Waals surface area contributed by atoms with Crippen LogP contribution < -0.4 is 0 Å². The molecule has 0 spiro atoms. The average Bonchev–Trinajstić information content (AvgIpc) is 0.975. The predicted molar refractivity (Wildman–Crippen MR) is 400 cm³/mol. The Morgan fingerprint density at radius 1 is 0.286 bits per heavy atom. The van der Waals surface area contributed by atoms with Crippen molar-refractivity contribution in [2.24, 2.45) is 23.7 Å². The van der Waals surface area contributed by atoms with Crippen molar-refractivity contribution in [2.75, 3.05) is 39.6 Å². The second-order valence-electron chi connectivity index (χ2n) is 30.1. The van der Waals surface area contributed by atoms with Gasteiger partial charge in [0, 0.05) is 25.7 Å². The van der Waals surface area contributed by atoms with Gasteiger partial charge in [-0.3, -0.25) is 37.3 Å². The molecule has 0 aromatic rings. The number of phosphoric ester groups is 2. The van der Waals surface area contributed by atoms with Crippen LogP contribution in [-0.2, 0) is 65.4 Å². The summed E-state index contributed by atoms with van der Waals surface area (Å²) in [5.74, 6) is 0.960. The summed E-state index contributed by atoms with van der Waals surface area (Å²) < 4.78 is 68.6. The fraction of sp³-hybridized carbons (Fsp3) is 0.949. The van der Waals surface area contributed by atoms with E-state index >= 15 is 0 Å². The molecule has 17 nitrogen and oxygen atoms in total. The van der Waals surface area contributed by atoms with Crippen LogP contribution in [0.2, 0.25) is 0 Å². The highest BCUT2D eigenvalue weighted by Crippen LogP contribution is 2.45. The van der Waals surface area contributed by atoms with Gasteiger partial charge in [0.1, 0.15) is 19.3 Å². The summed E-state index contributed by atoms with van der Waals surface area (Å²) in [5.41, 5.74) is 0. The van der Waals surface area contributed by atoms with E-state index in [4.69, 9.17) is 37.0 Å². The van der Waals surface area contributed by atoms with Crippen molar-refractivity contribution in [1.82, 2.24) is 0 Å². The summed E-state index contributed by atoms with van der Waals surface area (Å²) in [5, 5.41) is 10.6. The van der Waals surface area contributed by atoms with Crippen molar-refractivity contribution in [3.8, 4) is 0 Å². The van der Waals surface area contributed by atoms with Crippen LogP contribution >= 0.6 is 15.6 Å². The minimum atomic E-state index is -4.96. The molecular weight excluding hydrogens is 1280 g/mol. The van der Waals surface area contributed by atoms with Gasteiger partial charge < -0.3 is 33.8 Å². The molecule has 0 aliphatic rings. The summed E-state index contributed by atoms with van der Waals surface area (Å²) in [6, 6.07) is 0. The number of unbranched alkanes of at least 4 members (excludes halogenated alkanes) is 41. The first-order valence-electron chi connectivity index (χ1n) is 40.7. The van der Waals surface area contributed by atoms with Crippen molar-refractivity contribution >= 4 is 39.5 Å². The molecule has 98 heavy (non-hydrogen) atoms. The number of aliphatic hydroxyl groups is 1. The molecule has 582 valence electrons. The van der Waals surface area contributed by atoms with Gasteiger partial charge in [0.05, 0.1) is 26.4 Å². The number of phosphoric acid groups is 2. The molecular formula is C79H154O17P2. The van der Waals surface area contributed by atoms with Crippen LogP contribution in [-0.4, -0.2) is 96.7 Å². The highest BCUT2D eigenvalue weighted by Gasteiger charge is 2.30. The van der Waals surface area contributed by atoms with Crippen LogP contribution in [0.3, 0.4) is 0 Å². The Morgan fingerprint density at radius 3 is 0.724 bits per heavy atom. The van der Waals surface area contributed by atoms with E-state index in [2.05, 4.69) is 55.4 Å². The fourth-order valence-corrected chi connectivity index (χ4v) is 13.6. The van der Waals surface area contributed by atoms with E-state index in [1.807, 2.05) is 0 Å². The second-order valence-corrected chi connectivity index (χ2v) is 33.0. The van der Waals surface area contributed by atoms with Crippen LogP contribution in [0.5, 0.6) is 0 Å². The largest absolute Gasteiger partial charge is 0.472 e. The van der Waals surface area contributed by atoms with Gasteiger partial charge in [-0.1, -0.05) is 351 Å². The van der Waals surface area contributed by atoms with Gasteiger partial charge in [0.15, 0.2) is 12.2 Å². The van der Waals surface area contributed by atoms with E-state index in [0.717, 1.165) is 114 Å². The minimum Gasteiger partial charge on any atom is -0.462 e. The van der Waals surface area contributed by atoms with E-state index < -0.39 is 97.5 Å². The van der Waals surface area contributed by atoms with Gasteiger partial charge in [-0.05, 0) is 49.4 Å². The Bertz CT molecular complexity index is 1920. The standard InChI is InChI=1S/C79H154O17P2/c1-9-72(8)58-50-42-34-25-21-16-14-12-10-11-13-15-17-22-26-36-45-53-61-78(83)95-74(65-89-76(81)59-51-43-35-29-28-32-40-48-56-70(4)5)67-93-97(85,86)91-63-73(80)64-92-98(87,88)94-68-75(66-90-77(82)60-52-44-38-30-33-41-49-57-71(6)7)96-79(84)62-54-46-37-27-23-19-18-20-24-31-39-47-55-69(2)3/h69-75,80H,9-68H2,1-8H3,(H,85,86)(H,87,88)/t72?,73?,74-,75-/m1/s1. The lowest BCUT2D eigenvalue weighted by molar-refractivity contribution is -0.161. The third-order valence-corrected chi connectivity index (χ3v) is 20.6. The quantitative estimate of drug-likeness (QED) is 0.0222. The van der Waals surface area contributed by atoms with Crippen molar-refractivity contribution in [3.63, 3.8) is 0 Å². The Labute approximate surface area is 600 Å². The number of carbonyl (C=O) groups is 4. The van der Waals surface area contributed by atoms with Gasteiger partial charge in [0.2, 0.25) is 0 Å². The van der Waals surface area contributed by atoms with Crippen molar-refractivity contribution < 1.29 is 80.2 Å². The number of hydrogen-bond donors (Lipinski definition) is 3. The second kappa shape index (κ2) is 68.2. The van der Waals surface area contributed by atoms with Gasteiger partial charge in [-0.15, -0.1) is 0 Å². The topological polar surface area (TPSA) is 237 Å². The first kappa shape index (κ1) is 96.1. The molecule has 0 fully saturated rings. The molecule has 0 aromatic carbocycles. The van der Waals surface area contributed by atoms with E-state index in [9.17, 15) is 43.2 Å². The Kier molecular flexibility index (Phi) is 66.8. The lowest BCUT2D eigenvalue weighted by Crippen LogP contribution is -2.30. The normalized spacial score (nSPS) is 14.3. The molecule has 0 radical (unpaired) electrons. The van der Waals surface area contributed by atoms with Crippen LogP contribution in [0.4, 0.5) is 0 Å². The summed E-state index contributed by atoms with van der Waals surface area (Å²) in [4.78, 5) is 72.9. The Balaban J connectivity index is 5.18. The van der Waals surface area contributed by atoms with Crippen molar-refractivity contribution in [3.05, 3.63) is 0 Å². The zero-order valence-electron chi connectivity index (χ0n) is 64.4. The average molecular weight is 1440 g/mol. The number of rotatable bonds is 76. The van der Waals surface area contributed by atoms with Crippen LogP contribution in [0.25, 0.3) is 0 Å². The summed E-state index contributed by atoms with van der Waals surface area (Å²) in [7, 11) is -9.92. The van der Waals surface area contributed by atoms with E-state index in [-0.39, 0.29) is 25.7 Å². The Hall–Kier alpha value is -1.94. The summed E-state index contributed by atoms with van der Waals surface area (Å²) in [6.45, 7) is 14.2. The molecule has 19 heteroatoms. The Morgan fingerprint density at radius 2 is 0.490 bits per heavy atom. The first-order chi connectivity index (χ1) is 47.1. The smallest absolute Gasteiger partial charge is 0.462 e. The van der Waals surface area contributed by atoms with Gasteiger partial charge >= 0.3 is 39.5 Å². The van der Waals surface area contributed by atoms with Crippen LogP contribution in [0, 0.1) is 23.7 Å². The predicted octanol–water partition coefficient (Wildman–Crippen LogP) is 23.2. The van der Waals surface area contributed by atoms with E-state index in [1.165, 1.54) is 199 Å². The lowest BCUT2D eigenvalue weighted by atomic mass is 9.99. The highest BCUT2D eigenvalue weighted by atomic mass is 31.2. The maximum absolute atomic E-state index is 13.1. The number of hydrogen-bond acceptors (Lipinski definition) is 15. The zero-order chi connectivity index (χ0) is 72.4. The maximum atomic E-state index is 13.1. The fourth-order valence-electron chi connectivity index (χ4n) is 12.0. The van der Waals surface area contributed by atoms with Gasteiger partial charge in [-0.25, -0.2) is 9.13 Å². The zero-order valence-corrected chi connectivity index (χ0v) is 66.2. The molecule has 3 N–H and O–H groups in total. The molecule has 0 aliphatic heterocycles.